The molecule has 0 unspecified atom stereocenters. The Hall–Kier alpha value is -3.59. The molecule has 0 aromatic heterocycles. The topological polar surface area (TPSA) is 24.8 Å². The molecule has 0 radical (unpaired) electrons. The first-order valence-corrected chi connectivity index (χ1v) is 9.90. The van der Waals surface area contributed by atoms with Gasteiger partial charge in [0.2, 0.25) is 0 Å². The maximum absolute atomic E-state index is 5.36. The molecule has 0 amide bonds. The molecule has 0 bridgehead atoms. The van der Waals surface area contributed by atoms with E-state index in [1.54, 1.807) is 7.11 Å². The van der Waals surface area contributed by atoms with Gasteiger partial charge in [0.05, 0.1) is 19.0 Å². The number of methoxy groups -OCH3 is 1. The van der Waals surface area contributed by atoms with E-state index in [1.807, 2.05) is 35.5 Å². The summed E-state index contributed by atoms with van der Waals surface area (Å²) in [5.41, 5.74) is 2.14. The fraction of sp³-hybridized carbons (Fsp3) is 0.115. The summed E-state index contributed by atoms with van der Waals surface area (Å²) in [6.07, 6.45) is 1.97. The van der Waals surface area contributed by atoms with Crippen molar-refractivity contribution in [3.8, 4) is 5.75 Å². The van der Waals surface area contributed by atoms with Crippen molar-refractivity contribution in [3.63, 3.8) is 0 Å². The summed E-state index contributed by atoms with van der Waals surface area (Å²) in [7, 11) is 1.68. The van der Waals surface area contributed by atoms with Crippen molar-refractivity contribution < 1.29 is 4.74 Å². The Kier molecular flexibility index (Phi) is 4.28. The second-order valence-electron chi connectivity index (χ2n) is 7.17. The molecule has 0 heterocycles. The lowest BCUT2D eigenvalue weighted by molar-refractivity contribution is 0.415. The predicted octanol–water partition coefficient (Wildman–Crippen LogP) is 6.45. The highest BCUT2D eigenvalue weighted by Crippen LogP contribution is 2.35. The summed E-state index contributed by atoms with van der Waals surface area (Å²) in [6, 6.07) is 27.7. The summed E-state index contributed by atoms with van der Waals surface area (Å²) in [5, 5.41) is 14.5. The molecule has 0 atom stereocenters. The standard InChI is InChI=1S/C26H22N2O/c1-3-28(22-8-5-9-23(16-22)29-2)27-17-21-13-12-20-11-10-18-6-4-7-19-14-15-24(21)26(20)25(18)19/h4-17H,3H2,1-2H3. The lowest BCUT2D eigenvalue weighted by Crippen LogP contribution is -2.15. The minimum Gasteiger partial charge on any atom is -0.497 e. The molecule has 0 fully saturated rings. The van der Waals surface area contributed by atoms with Crippen LogP contribution < -0.4 is 9.75 Å². The lowest BCUT2D eigenvalue weighted by atomic mass is 9.92. The summed E-state index contributed by atoms with van der Waals surface area (Å²) in [6.45, 7) is 2.87. The zero-order valence-electron chi connectivity index (χ0n) is 16.6. The molecule has 0 aliphatic carbocycles. The van der Waals surface area contributed by atoms with Crippen LogP contribution in [0.15, 0.2) is 84.0 Å². The van der Waals surface area contributed by atoms with Crippen LogP contribution >= 0.6 is 0 Å². The third kappa shape index (κ3) is 2.95. The van der Waals surface area contributed by atoms with Gasteiger partial charge in [-0.3, -0.25) is 5.01 Å². The van der Waals surface area contributed by atoms with Crippen molar-refractivity contribution in [1.82, 2.24) is 0 Å². The Morgan fingerprint density at radius 2 is 1.52 bits per heavy atom. The van der Waals surface area contributed by atoms with E-state index < -0.39 is 0 Å². The van der Waals surface area contributed by atoms with Gasteiger partial charge in [0.1, 0.15) is 5.75 Å². The van der Waals surface area contributed by atoms with Crippen LogP contribution in [-0.4, -0.2) is 19.9 Å². The Morgan fingerprint density at radius 3 is 2.28 bits per heavy atom. The fourth-order valence-electron chi connectivity index (χ4n) is 4.10. The van der Waals surface area contributed by atoms with Crippen molar-refractivity contribution in [2.45, 2.75) is 6.92 Å². The van der Waals surface area contributed by atoms with Gasteiger partial charge >= 0.3 is 0 Å². The minimum absolute atomic E-state index is 0.773. The zero-order chi connectivity index (χ0) is 19.8. The number of nitrogens with zero attached hydrogens (tertiary/aromatic N) is 2. The van der Waals surface area contributed by atoms with Crippen LogP contribution in [0.3, 0.4) is 0 Å². The molecule has 0 aliphatic rings. The smallest absolute Gasteiger partial charge is 0.120 e. The molecule has 29 heavy (non-hydrogen) atoms. The van der Waals surface area contributed by atoms with Gasteiger partial charge in [0, 0.05) is 18.2 Å². The zero-order valence-corrected chi connectivity index (χ0v) is 16.6. The molecule has 0 N–H and O–H groups in total. The number of hydrogen-bond acceptors (Lipinski definition) is 3. The van der Waals surface area contributed by atoms with Gasteiger partial charge in [0.25, 0.3) is 0 Å². The van der Waals surface area contributed by atoms with Crippen molar-refractivity contribution >= 4 is 44.2 Å². The van der Waals surface area contributed by atoms with E-state index >= 15 is 0 Å². The Labute approximate surface area is 170 Å². The average Bonchev–Trinajstić information content (AvgIpc) is 2.78. The molecule has 0 saturated heterocycles. The quantitative estimate of drug-likeness (QED) is 0.199. The van der Waals surface area contributed by atoms with Gasteiger partial charge in [-0.2, -0.15) is 5.10 Å². The Morgan fingerprint density at radius 1 is 0.828 bits per heavy atom. The van der Waals surface area contributed by atoms with Crippen LogP contribution in [-0.2, 0) is 0 Å². The number of rotatable bonds is 5. The van der Waals surface area contributed by atoms with Crippen LogP contribution in [0.2, 0.25) is 0 Å². The summed E-state index contributed by atoms with van der Waals surface area (Å²) in [5.74, 6) is 0.832. The average molecular weight is 378 g/mol. The van der Waals surface area contributed by atoms with Crippen molar-refractivity contribution in [3.05, 3.63) is 84.4 Å². The molecule has 5 aromatic carbocycles. The maximum Gasteiger partial charge on any atom is 0.120 e. The van der Waals surface area contributed by atoms with E-state index in [0.29, 0.717) is 0 Å². The largest absolute Gasteiger partial charge is 0.497 e. The monoisotopic (exact) mass is 378 g/mol. The molecule has 3 heteroatoms. The van der Waals surface area contributed by atoms with Gasteiger partial charge in [-0.1, -0.05) is 60.7 Å². The highest BCUT2D eigenvalue weighted by Gasteiger charge is 2.10. The summed E-state index contributed by atoms with van der Waals surface area (Å²) < 4.78 is 5.36. The van der Waals surface area contributed by atoms with Crippen LogP contribution in [0, 0.1) is 0 Å². The molecular weight excluding hydrogens is 356 g/mol. The fourth-order valence-corrected chi connectivity index (χ4v) is 4.10. The highest BCUT2D eigenvalue weighted by molar-refractivity contribution is 6.25. The first kappa shape index (κ1) is 17.5. The Bertz CT molecular complexity index is 1320. The van der Waals surface area contributed by atoms with Crippen molar-refractivity contribution in [2.75, 3.05) is 18.7 Å². The van der Waals surface area contributed by atoms with Crippen LogP contribution in [0.1, 0.15) is 12.5 Å². The maximum atomic E-state index is 5.36. The lowest BCUT2D eigenvalue weighted by Gasteiger charge is -2.18. The van der Waals surface area contributed by atoms with Crippen LogP contribution in [0.25, 0.3) is 32.3 Å². The van der Waals surface area contributed by atoms with E-state index in [4.69, 9.17) is 9.84 Å². The first-order chi connectivity index (χ1) is 14.3. The number of hydrogen-bond donors (Lipinski definition) is 0. The molecule has 142 valence electrons. The molecule has 5 rings (SSSR count). The second kappa shape index (κ2) is 7.10. The molecule has 0 aliphatic heterocycles. The SMILES string of the molecule is CCN(N=Cc1ccc2ccc3cccc4ccc1c2c34)c1cccc(OC)c1. The van der Waals surface area contributed by atoms with E-state index in [9.17, 15) is 0 Å². The second-order valence-corrected chi connectivity index (χ2v) is 7.17. The normalized spacial score (nSPS) is 11.8. The van der Waals surface area contributed by atoms with Gasteiger partial charge in [-0.05, 0) is 51.4 Å². The molecule has 3 nitrogen and oxygen atoms in total. The van der Waals surface area contributed by atoms with Gasteiger partial charge < -0.3 is 4.74 Å². The molecular formula is C26H22N2O. The molecule has 5 aromatic rings. The third-order valence-electron chi connectivity index (χ3n) is 5.55. The van der Waals surface area contributed by atoms with E-state index in [1.165, 1.54) is 32.3 Å². The number of hydrazone groups is 1. The van der Waals surface area contributed by atoms with Gasteiger partial charge in [-0.25, -0.2) is 0 Å². The van der Waals surface area contributed by atoms with E-state index in [2.05, 4.69) is 61.5 Å². The van der Waals surface area contributed by atoms with Crippen LogP contribution in [0.4, 0.5) is 5.69 Å². The van der Waals surface area contributed by atoms with Crippen molar-refractivity contribution in [2.24, 2.45) is 5.10 Å². The number of anilines is 1. The van der Waals surface area contributed by atoms with Gasteiger partial charge in [-0.15, -0.1) is 0 Å². The number of benzene rings is 5. The molecule has 0 saturated carbocycles. The minimum atomic E-state index is 0.773. The Balaban J connectivity index is 1.62. The third-order valence-corrected chi connectivity index (χ3v) is 5.55. The highest BCUT2D eigenvalue weighted by atomic mass is 16.5. The van der Waals surface area contributed by atoms with Crippen LogP contribution in [0.5, 0.6) is 5.75 Å². The summed E-state index contributed by atoms with van der Waals surface area (Å²) >= 11 is 0. The predicted molar refractivity (Wildman–Crippen MR) is 124 cm³/mol. The van der Waals surface area contributed by atoms with Crippen molar-refractivity contribution in [1.29, 1.82) is 0 Å². The first-order valence-electron chi connectivity index (χ1n) is 9.90. The molecule has 0 spiro atoms. The summed E-state index contributed by atoms with van der Waals surface area (Å²) in [4.78, 5) is 0. The van der Waals surface area contributed by atoms with E-state index in [0.717, 1.165) is 23.5 Å². The number of ether oxygens (including phenoxy) is 1. The van der Waals surface area contributed by atoms with E-state index in [-0.39, 0.29) is 0 Å². The van der Waals surface area contributed by atoms with Gasteiger partial charge in [0.15, 0.2) is 0 Å².